The predicted molar refractivity (Wildman–Crippen MR) is 55.9 cm³/mol. The molecule has 0 aliphatic carbocycles. The zero-order valence-corrected chi connectivity index (χ0v) is 13.1. The molecule has 0 heterocycles. The van der Waals surface area contributed by atoms with Crippen LogP contribution in [0, 0.1) is 5.92 Å². The molecule has 79 valence electrons. The second kappa shape index (κ2) is 7.39. The molecular weight excluding hydrogens is 375 g/mol. The number of carbonyl (C=O) groups is 1. The number of rotatable bonds is 6. The van der Waals surface area contributed by atoms with Gasteiger partial charge in [0.1, 0.15) is 0 Å². The molecule has 14 heavy (non-hydrogen) atoms. The molecule has 0 saturated heterocycles. The van der Waals surface area contributed by atoms with Crippen LogP contribution >= 0.6 is 0 Å². The van der Waals surface area contributed by atoms with Gasteiger partial charge in [0.2, 0.25) is 0 Å². The van der Waals surface area contributed by atoms with Gasteiger partial charge >= 0.3 is 102 Å². The Balaban J connectivity index is 4.45. The first-order chi connectivity index (χ1) is 6.52. The van der Waals surface area contributed by atoms with Gasteiger partial charge < -0.3 is 0 Å². The first-order valence-electron chi connectivity index (χ1n) is 4.73. The third kappa shape index (κ3) is 5.09. The molecule has 0 aromatic carbocycles. The Labute approximate surface area is 102 Å². The molecule has 0 aliphatic rings. The van der Waals surface area contributed by atoms with Crippen molar-refractivity contribution in [1.29, 1.82) is 0 Å². The van der Waals surface area contributed by atoms with Crippen LogP contribution in [-0.4, -0.2) is 44.7 Å². The molecule has 4 heteroatoms. The van der Waals surface area contributed by atoms with Crippen molar-refractivity contribution in [3.05, 3.63) is 11.8 Å². The molecule has 0 aliphatic heterocycles. The first-order valence-corrected chi connectivity index (χ1v) is 6.32. The quantitative estimate of drug-likeness (QED) is 0.392. The Morgan fingerprint density at radius 3 is 2.36 bits per heavy atom. The van der Waals surface area contributed by atoms with Gasteiger partial charge in [-0.15, -0.1) is 0 Å². The van der Waals surface area contributed by atoms with Crippen LogP contribution < -0.4 is 0 Å². The van der Waals surface area contributed by atoms with E-state index in [0.717, 1.165) is 0 Å². The van der Waals surface area contributed by atoms with E-state index in [0.29, 0.717) is 38.6 Å². The summed E-state index contributed by atoms with van der Waals surface area (Å²) in [6.07, 6.45) is 1.43. The van der Waals surface area contributed by atoms with Gasteiger partial charge in [-0.1, -0.05) is 0 Å². The number of ether oxygens (including phenoxy) is 1. The van der Waals surface area contributed by atoms with Crippen molar-refractivity contribution in [1.82, 2.24) is 0 Å². The van der Waals surface area contributed by atoms with E-state index in [1.165, 1.54) is 0 Å². The molecule has 0 aromatic heterocycles. The van der Waals surface area contributed by atoms with Crippen molar-refractivity contribution < 1.29 is 12.2 Å². The second-order valence-electron chi connectivity index (χ2n) is 3.30. The normalized spacial score (nSPS) is 14.3. The van der Waals surface area contributed by atoms with Gasteiger partial charge in [0.15, 0.2) is 0 Å². The van der Waals surface area contributed by atoms with Crippen molar-refractivity contribution >= 4 is 32.0 Å². The SMILES string of the molecule is CCOC(C)C(=CC(=O)C(C)C)[O][Pb]. The van der Waals surface area contributed by atoms with E-state index in [1.54, 1.807) is 6.08 Å². The van der Waals surface area contributed by atoms with Crippen LogP contribution in [0.15, 0.2) is 11.8 Å². The van der Waals surface area contributed by atoms with Gasteiger partial charge in [0.25, 0.3) is 0 Å². The summed E-state index contributed by atoms with van der Waals surface area (Å²) in [6, 6.07) is 0. The molecule has 0 spiro atoms. The van der Waals surface area contributed by atoms with E-state index >= 15 is 0 Å². The Kier molecular flexibility index (Phi) is 7.44. The Morgan fingerprint density at radius 2 is 2.00 bits per heavy atom. The Hall–Kier alpha value is 0.0921. The fraction of sp³-hybridized carbons (Fsp3) is 0.700. The van der Waals surface area contributed by atoms with Crippen molar-refractivity contribution in [3.63, 3.8) is 0 Å². The average Bonchev–Trinajstić information content (AvgIpc) is 2.13. The number of carbonyl (C=O) groups excluding carboxylic acids is 1. The van der Waals surface area contributed by atoms with Crippen LogP contribution in [-0.2, 0) is 12.2 Å². The van der Waals surface area contributed by atoms with Gasteiger partial charge in [-0.05, 0) is 0 Å². The fourth-order valence-electron chi connectivity index (χ4n) is 0.869. The molecule has 0 amide bonds. The molecule has 0 bridgehead atoms. The second-order valence-corrected chi connectivity index (χ2v) is 4.10. The number of ketones is 1. The summed E-state index contributed by atoms with van der Waals surface area (Å²) in [5.41, 5.74) is 0. The Bertz CT molecular complexity index is 211. The zero-order chi connectivity index (χ0) is 11.1. The third-order valence-corrected chi connectivity index (χ3v) is 2.71. The first kappa shape index (κ1) is 14.1. The van der Waals surface area contributed by atoms with Gasteiger partial charge in [-0.2, -0.15) is 0 Å². The Morgan fingerprint density at radius 1 is 1.43 bits per heavy atom. The van der Waals surface area contributed by atoms with E-state index < -0.39 is 0 Å². The van der Waals surface area contributed by atoms with E-state index in [9.17, 15) is 4.79 Å². The summed E-state index contributed by atoms with van der Waals surface area (Å²) >= 11 is 0.578. The zero-order valence-electron chi connectivity index (χ0n) is 9.16. The maximum atomic E-state index is 11.4. The summed E-state index contributed by atoms with van der Waals surface area (Å²) in [7, 11) is 0. The van der Waals surface area contributed by atoms with Crippen molar-refractivity contribution in [3.8, 4) is 0 Å². The van der Waals surface area contributed by atoms with Crippen molar-refractivity contribution in [2.45, 2.75) is 33.8 Å². The van der Waals surface area contributed by atoms with Gasteiger partial charge in [-0.3, -0.25) is 0 Å². The molecule has 0 N–H and O–H groups in total. The van der Waals surface area contributed by atoms with E-state index in [-0.39, 0.29) is 17.8 Å². The summed E-state index contributed by atoms with van der Waals surface area (Å²) in [5, 5.41) is 0. The van der Waals surface area contributed by atoms with Crippen molar-refractivity contribution in [2.24, 2.45) is 5.92 Å². The van der Waals surface area contributed by atoms with Crippen LogP contribution in [0.25, 0.3) is 0 Å². The van der Waals surface area contributed by atoms with E-state index in [4.69, 9.17) is 7.42 Å². The number of allylic oxidation sites excluding steroid dienone is 1. The average molecular weight is 392 g/mol. The molecule has 0 aromatic rings. The minimum atomic E-state index is -0.125. The summed E-state index contributed by atoms with van der Waals surface area (Å²) in [5.74, 6) is 0.746. The third-order valence-electron chi connectivity index (χ3n) is 1.79. The predicted octanol–water partition coefficient (Wildman–Crippen LogP) is 1.62. The van der Waals surface area contributed by atoms with Crippen LogP contribution in [0.1, 0.15) is 27.7 Å². The van der Waals surface area contributed by atoms with Gasteiger partial charge in [-0.25, -0.2) is 0 Å². The maximum absolute atomic E-state index is 11.4. The van der Waals surface area contributed by atoms with Crippen LogP contribution in [0.2, 0.25) is 0 Å². The van der Waals surface area contributed by atoms with Crippen LogP contribution in [0.5, 0.6) is 0 Å². The summed E-state index contributed by atoms with van der Waals surface area (Å²) < 4.78 is 10.6. The van der Waals surface area contributed by atoms with Crippen LogP contribution in [0.4, 0.5) is 0 Å². The standard InChI is InChI=1S/C10H18O3.Pb/c1-5-13-8(4)10(12)6-9(11)7(2)3;/h6-8,12H,5H2,1-4H3;/q;+1/p-1. The molecule has 1 unspecified atom stereocenters. The minimum absolute atomic E-state index is 0.00985. The number of hydrogen-bond acceptors (Lipinski definition) is 3. The van der Waals surface area contributed by atoms with Crippen molar-refractivity contribution in [2.75, 3.05) is 6.61 Å². The molecule has 1 atom stereocenters. The molecule has 3 radical (unpaired) electrons. The van der Waals surface area contributed by atoms with E-state index in [2.05, 4.69) is 0 Å². The summed E-state index contributed by atoms with van der Waals surface area (Å²) in [4.78, 5) is 11.4. The van der Waals surface area contributed by atoms with Gasteiger partial charge in [0, 0.05) is 0 Å². The molecule has 0 rings (SSSR count). The van der Waals surface area contributed by atoms with E-state index in [1.807, 2.05) is 27.7 Å². The topological polar surface area (TPSA) is 35.5 Å². The molecular formula is C10H17O3Pb. The van der Waals surface area contributed by atoms with Crippen LogP contribution in [0.3, 0.4) is 0 Å². The molecule has 0 saturated carbocycles. The fourth-order valence-corrected chi connectivity index (χ4v) is 1.74. The molecule has 0 fully saturated rings. The molecule has 3 nitrogen and oxygen atoms in total. The summed E-state index contributed by atoms with van der Waals surface area (Å²) in [6.45, 7) is 8.18. The monoisotopic (exact) mass is 393 g/mol. The van der Waals surface area contributed by atoms with Gasteiger partial charge in [0.05, 0.1) is 0 Å². The number of hydrogen-bond donors (Lipinski definition) is 0.